The summed E-state index contributed by atoms with van der Waals surface area (Å²) in [4.78, 5) is 24.2. The van der Waals surface area contributed by atoms with Crippen molar-refractivity contribution in [2.75, 3.05) is 18.1 Å². The fourth-order valence-electron chi connectivity index (χ4n) is 2.38. The Hall–Kier alpha value is -2.27. The highest BCUT2D eigenvalue weighted by atomic mass is 32.2. The fraction of sp³-hybridized carbons (Fsp3) is 0.263. The molecule has 24 heavy (non-hydrogen) atoms. The predicted octanol–water partition coefficient (Wildman–Crippen LogP) is 3.53. The molecule has 126 valence electrons. The number of para-hydroxylation sites is 1. The van der Waals surface area contributed by atoms with Gasteiger partial charge in [0.05, 0.1) is 6.54 Å². The van der Waals surface area contributed by atoms with E-state index in [4.69, 9.17) is 0 Å². The summed E-state index contributed by atoms with van der Waals surface area (Å²) in [5.74, 6) is 0.433. The molecule has 2 aromatic carbocycles. The molecule has 0 fully saturated rings. The van der Waals surface area contributed by atoms with Crippen molar-refractivity contribution in [1.29, 1.82) is 0 Å². The van der Waals surface area contributed by atoms with Crippen molar-refractivity contribution in [1.82, 2.24) is 5.32 Å². The first-order valence-corrected chi connectivity index (χ1v) is 9.13. The molecule has 0 aliphatic heterocycles. The maximum absolute atomic E-state index is 12.1. The van der Waals surface area contributed by atoms with Crippen LogP contribution in [0, 0.1) is 13.8 Å². The van der Waals surface area contributed by atoms with Crippen LogP contribution >= 0.6 is 11.8 Å². The van der Waals surface area contributed by atoms with Gasteiger partial charge in [-0.1, -0.05) is 30.3 Å². The van der Waals surface area contributed by atoms with Crippen molar-refractivity contribution in [3.8, 4) is 0 Å². The van der Waals surface area contributed by atoms with Gasteiger partial charge in [-0.15, -0.1) is 0 Å². The standard InChI is InChI=1S/C19H22N2O2S/c1-13-5-4-6-14(2)18(13)21-17(22)11-20-19(23)16-9-7-15(8-10-16)12-24-3/h4-10H,11-12H2,1-3H3,(H,20,23)(H,21,22). The maximum atomic E-state index is 12.1. The number of amides is 2. The highest BCUT2D eigenvalue weighted by Crippen LogP contribution is 2.19. The van der Waals surface area contributed by atoms with Crippen LogP contribution in [-0.4, -0.2) is 24.6 Å². The van der Waals surface area contributed by atoms with E-state index in [2.05, 4.69) is 10.6 Å². The summed E-state index contributed by atoms with van der Waals surface area (Å²) >= 11 is 1.73. The molecule has 0 spiro atoms. The average molecular weight is 342 g/mol. The van der Waals surface area contributed by atoms with Crippen molar-refractivity contribution in [2.45, 2.75) is 19.6 Å². The molecule has 0 radical (unpaired) electrons. The van der Waals surface area contributed by atoms with E-state index in [1.165, 1.54) is 5.56 Å². The van der Waals surface area contributed by atoms with Gasteiger partial charge in [0.2, 0.25) is 5.91 Å². The Labute approximate surface area is 147 Å². The molecular formula is C19H22N2O2S. The van der Waals surface area contributed by atoms with E-state index < -0.39 is 0 Å². The summed E-state index contributed by atoms with van der Waals surface area (Å²) in [5, 5.41) is 5.51. The second kappa shape index (κ2) is 8.55. The zero-order valence-electron chi connectivity index (χ0n) is 14.2. The van der Waals surface area contributed by atoms with Gasteiger partial charge in [0.25, 0.3) is 5.91 Å². The normalized spacial score (nSPS) is 10.3. The fourth-order valence-corrected chi connectivity index (χ4v) is 2.90. The SMILES string of the molecule is CSCc1ccc(C(=O)NCC(=O)Nc2c(C)cccc2C)cc1. The van der Waals surface area contributed by atoms with E-state index in [0.717, 1.165) is 22.6 Å². The van der Waals surface area contributed by atoms with Crippen LogP contribution in [0.25, 0.3) is 0 Å². The first-order valence-electron chi connectivity index (χ1n) is 7.73. The third-order valence-electron chi connectivity index (χ3n) is 3.68. The molecule has 0 atom stereocenters. The molecular weight excluding hydrogens is 320 g/mol. The van der Waals surface area contributed by atoms with Crippen LogP contribution in [0.4, 0.5) is 5.69 Å². The number of carbonyl (C=O) groups is 2. The molecule has 0 unspecified atom stereocenters. The first kappa shape index (κ1) is 18.1. The van der Waals surface area contributed by atoms with E-state index in [0.29, 0.717) is 5.56 Å². The van der Waals surface area contributed by atoms with Gasteiger partial charge in [0, 0.05) is 17.0 Å². The number of aryl methyl sites for hydroxylation is 2. The topological polar surface area (TPSA) is 58.2 Å². The molecule has 0 aliphatic carbocycles. The highest BCUT2D eigenvalue weighted by Gasteiger charge is 2.10. The molecule has 0 bridgehead atoms. The third kappa shape index (κ3) is 4.86. The van der Waals surface area contributed by atoms with Gasteiger partial charge in [-0.2, -0.15) is 11.8 Å². The molecule has 4 nitrogen and oxygen atoms in total. The minimum Gasteiger partial charge on any atom is -0.343 e. The van der Waals surface area contributed by atoms with Crippen LogP contribution in [0.1, 0.15) is 27.0 Å². The summed E-state index contributed by atoms with van der Waals surface area (Å²) in [6.45, 7) is 3.83. The number of hydrogen-bond acceptors (Lipinski definition) is 3. The largest absolute Gasteiger partial charge is 0.343 e. The number of rotatable bonds is 6. The average Bonchev–Trinajstić information content (AvgIpc) is 2.57. The van der Waals surface area contributed by atoms with Gasteiger partial charge in [-0.3, -0.25) is 9.59 Å². The molecule has 2 aromatic rings. The monoisotopic (exact) mass is 342 g/mol. The predicted molar refractivity (Wildman–Crippen MR) is 101 cm³/mol. The number of nitrogens with one attached hydrogen (secondary N) is 2. The number of thioether (sulfide) groups is 1. The molecule has 2 N–H and O–H groups in total. The van der Waals surface area contributed by atoms with Crippen LogP contribution in [0.5, 0.6) is 0 Å². The van der Waals surface area contributed by atoms with Crippen LogP contribution < -0.4 is 10.6 Å². The molecule has 2 rings (SSSR count). The summed E-state index contributed by atoms with van der Waals surface area (Å²) in [6, 6.07) is 13.3. The maximum Gasteiger partial charge on any atom is 0.251 e. The van der Waals surface area contributed by atoms with E-state index in [1.54, 1.807) is 23.9 Å². The minimum atomic E-state index is -0.248. The third-order valence-corrected chi connectivity index (χ3v) is 4.30. The van der Waals surface area contributed by atoms with Crippen molar-refractivity contribution < 1.29 is 9.59 Å². The minimum absolute atomic E-state index is 0.0564. The van der Waals surface area contributed by atoms with Gasteiger partial charge in [0.1, 0.15) is 0 Å². The molecule has 5 heteroatoms. The van der Waals surface area contributed by atoms with E-state index >= 15 is 0 Å². The van der Waals surface area contributed by atoms with E-state index in [-0.39, 0.29) is 18.4 Å². The van der Waals surface area contributed by atoms with E-state index in [9.17, 15) is 9.59 Å². The van der Waals surface area contributed by atoms with Gasteiger partial charge in [0.15, 0.2) is 0 Å². The number of hydrogen-bond donors (Lipinski definition) is 2. The molecule has 0 heterocycles. The van der Waals surface area contributed by atoms with Crippen LogP contribution in [0.2, 0.25) is 0 Å². The van der Waals surface area contributed by atoms with E-state index in [1.807, 2.05) is 50.4 Å². The lowest BCUT2D eigenvalue weighted by atomic mass is 10.1. The number of benzene rings is 2. The van der Waals surface area contributed by atoms with Gasteiger partial charge in [-0.25, -0.2) is 0 Å². The quantitative estimate of drug-likeness (QED) is 0.844. The first-order chi connectivity index (χ1) is 11.5. The number of anilines is 1. The molecule has 2 amide bonds. The Morgan fingerprint density at radius 1 is 1.00 bits per heavy atom. The van der Waals surface area contributed by atoms with Crippen molar-refractivity contribution in [3.05, 3.63) is 64.7 Å². The lowest BCUT2D eigenvalue weighted by Gasteiger charge is -2.12. The molecule has 0 aliphatic rings. The van der Waals surface area contributed by atoms with Crippen molar-refractivity contribution in [2.24, 2.45) is 0 Å². The Bertz CT molecular complexity index is 706. The summed E-state index contributed by atoms with van der Waals surface area (Å²) < 4.78 is 0. The summed E-state index contributed by atoms with van der Waals surface area (Å²) in [5.41, 5.74) is 4.53. The molecule has 0 saturated heterocycles. The lowest BCUT2D eigenvalue weighted by molar-refractivity contribution is -0.115. The van der Waals surface area contributed by atoms with Crippen LogP contribution in [-0.2, 0) is 10.5 Å². The summed E-state index contributed by atoms with van der Waals surface area (Å²) in [6.07, 6.45) is 2.04. The molecule has 0 aromatic heterocycles. The Morgan fingerprint density at radius 3 is 2.21 bits per heavy atom. The zero-order valence-corrected chi connectivity index (χ0v) is 15.0. The van der Waals surface area contributed by atoms with Gasteiger partial charge in [-0.05, 0) is 48.9 Å². The van der Waals surface area contributed by atoms with Crippen molar-refractivity contribution >= 4 is 29.3 Å². The second-order valence-corrected chi connectivity index (χ2v) is 6.49. The highest BCUT2D eigenvalue weighted by molar-refractivity contribution is 7.97. The van der Waals surface area contributed by atoms with Crippen molar-refractivity contribution in [3.63, 3.8) is 0 Å². The second-order valence-electron chi connectivity index (χ2n) is 5.63. The molecule has 0 saturated carbocycles. The zero-order chi connectivity index (χ0) is 17.5. The van der Waals surface area contributed by atoms with Crippen LogP contribution in [0.15, 0.2) is 42.5 Å². The lowest BCUT2D eigenvalue weighted by Crippen LogP contribution is -2.33. The Morgan fingerprint density at radius 2 is 1.62 bits per heavy atom. The van der Waals surface area contributed by atoms with Gasteiger partial charge >= 0.3 is 0 Å². The van der Waals surface area contributed by atoms with Crippen LogP contribution in [0.3, 0.4) is 0 Å². The Balaban J connectivity index is 1.90. The number of carbonyl (C=O) groups excluding carboxylic acids is 2. The smallest absolute Gasteiger partial charge is 0.251 e. The summed E-state index contributed by atoms with van der Waals surface area (Å²) in [7, 11) is 0. The Kier molecular flexibility index (Phi) is 6.44. The van der Waals surface area contributed by atoms with Gasteiger partial charge < -0.3 is 10.6 Å².